The van der Waals surface area contributed by atoms with Gasteiger partial charge in [0, 0.05) is 29.7 Å². The van der Waals surface area contributed by atoms with Crippen LogP contribution in [0.3, 0.4) is 0 Å². The lowest BCUT2D eigenvalue weighted by molar-refractivity contribution is 0.274. The highest BCUT2D eigenvalue weighted by molar-refractivity contribution is 5.52. The molecule has 1 unspecified atom stereocenters. The molecule has 0 radical (unpaired) electrons. The number of hydrogen-bond acceptors (Lipinski definition) is 4. The summed E-state index contributed by atoms with van der Waals surface area (Å²) in [5.41, 5.74) is 7.19. The van der Waals surface area contributed by atoms with Crippen LogP contribution in [0, 0.1) is 27.7 Å². The van der Waals surface area contributed by atoms with Gasteiger partial charge in [-0.25, -0.2) is 9.97 Å². The number of aromatic nitrogens is 2. The van der Waals surface area contributed by atoms with Crippen LogP contribution in [0.25, 0.3) is 0 Å². The molecule has 0 saturated carbocycles. The lowest BCUT2D eigenvalue weighted by atomic mass is 9.97. The number of fused-ring (bicyclic) bond motifs is 1. The fraction of sp³-hybridized carbons (Fsp3) is 0.333. The highest BCUT2D eigenvalue weighted by Crippen LogP contribution is 2.35. The van der Waals surface area contributed by atoms with E-state index in [2.05, 4.69) is 73.5 Å². The second kappa shape index (κ2) is 7.63. The van der Waals surface area contributed by atoms with Gasteiger partial charge in [-0.15, -0.1) is 0 Å². The molecule has 28 heavy (non-hydrogen) atoms. The van der Waals surface area contributed by atoms with Gasteiger partial charge in [-0.3, -0.25) is 0 Å². The summed E-state index contributed by atoms with van der Waals surface area (Å²) in [6.07, 6.45) is 1.74. The van der Waals surface area contributed by atoms with E-state index in [1.807, 2.05) is 6.92 Å². The van der Waals surface area contributed by atoms with Crippen LogP contribution in [0.15, 0.2) is 42.5 Å². The zero-order valence-electron chi connectivity index (χ0n) is 17.0. The molecule has 144 valence electrons. The Morgan fingerprint density at radius 2 is 1.71 bits per heavy atom. The standard InChI is InChI=1S/C24H27N3O/c1-15-5-8-19(9-6-15)14-20-17(3)25-18(4)26-24(20)27-22-11-12-28-23-10-7-16(2)13-21(22)23/h5-10,13,22H,11-12,14H2,1-4H3,(H,25,26,27). The molecule has 4 heteroatoms. The van der Waals surface area contributed by atoms with Crippen LogP contribution in [0.4, 0.5) is 5.82 Å². The minimum Gasteiger partial charge on any atom is -0.493 e. The average molecular weight is 374 g/mol. The first-order valence-electron chi connectivity index (χ1n) is 9.89. The Labute approximate surface area is 167 Å². The van der Waals surface area contributed by atoms with E-state index in [1.165, 1.54) is 22.3 Å². The van der Waals surface area contributed by atoms with Crippen LogP contribution in [0.1, 0.15) is 51.8 Å². The average Bonchev–Trinajstić information content (AvgIpc) is 2.66. The number of aryl methyl sites for hydroxylation is 4. The summed E-state index contributed by atoms with van der Waals surface area (Å²) in [4.78, 5) is 9.40. The zero-order valence-corrected chi connectivity index (χ0v) is 17.0. The molecule has 0 bridgehead atoms. The molecule has 0 spiro atoms. The summed E-state index contributed by atoms with van der Waals surface area (Å²) in [6.45, 7) is 8.97. The Bertz CT molecular complexity index is 995. The lowest BCUT2D eigenvalue weighted by Gasteiger charge is -2.28. The van der Waals surface area contributed by atoms with Crippen molar-refractivity contribution in [1.29, 1.82) is 0 Å². The first-order chi connectivity index (χ1) is 13.5. The molecule has 0 fully saturated rings. The third kappa shape index (κ3) is 3.86. The van der Waals surface area contributed by atoms with Gasteiger partial charge in [0.1, 0.15) is 17.4 Å². The molecule has 4 rings (SSSR count). The highest BCUT2D eigenvalue weighted by atomic mass is 16.5. The zero-order chi connectivity index (χ0) is 19.7. The number of nitrogens with zero attached hydrogens (tertiary/aromatic N) is 2. The van der Waals surface area contributed by atoms with E-state index in [4.69, 9.17) is 9.72 Å². The molecule has 1 atom stereocenters. The SMILES string of the molecule is Cc1ccc(Cc2c(C)nc(C)nc2NC2CCOc3ccc(C)cc32)cc1. The Hall–Kier alpha value is -2.88. The van der Waals surface area contributed by atoms with Crippen molar-refractivity contribution < 1.29 is 4.74 Å². The maximum atomic E-state index is 5.86. The normalized spacial score (nSPS) is 15.6. The molecule has 1 aromatic heterocycles. The van der Waals surface area contributed by atoms with Crippen LogP contribution in [-0.2, 0) is 6.42 Å². The maximum Gasteiger partial charge on any atom is 0.133 e. The van der Waals surface area contributed by atoms with Crippen molar-refractivity contribution >= 4 is 5.82 Å². The fourth-order valence-electron chi connectivity index (χ4n) is 3.81. The van der Waals surface area contributed by atoms with E-state index in [0.717, 1.165) is 41.5 Å². The summed E-state index contributed by atoms with van der Waals surface area (Å²) in [7, 11) is 0. The van der Waals surface area contributed by atoms with E-state index in [1.54, 1.807) is 0 Å². The fourth-order valence-corrected chi connectivity index (χ4v) is 3.81. The summed E-state index contributed by atoms with van der Waals surface area (Å²) in [5, 5.41) is 3.72. The third-order valence-corrected chi connectivity index (χ3v) is 5.34. The molecule has 1 aliphatic heterocycles. The first-order valence-corrected chi connectivity index (χ1v) is 9.89. The van der Waals surface area contributed by atoms with Crippen LogP contribution >= 0.6 is 0 Å². The van der Waals surface area contributed by atoms with Crippen molar-refractivity contribution in [1.82, 2.24) is 9.97 Å². The predicted molar refractivity (Wildman–Crippen MR) is 113 cm³/mol. The topological polar surface area (TPSA) is 47.0 Å². The lowest BCUT2D eigenvalue weighted by Crippen LogP contribution is -2.22. The third-order valence-electron chi connectivity index (χ3n) is 5.34. The van der Waals surface area contributed by atoms with Gasteiger partial charge in [0.15, 0.2) is 0 Å². The molecule has 1 N–H and O–H groups in total. The molecule has 0 aliphatic carbocycles. The quantitative estimate of drug-likeness (QED) is 0.680. The van der Waals surface area contributed by atoms with Gasteiger partial charge in [-0.1, -0.05) is 47.5 Å². The van der Waals surface area contributed by atoms with Gasteiger partial charge in [0.2, 0.25) is 0 Å². The molecule has 2 heterocycles. The van der Waals surface area contributed by atoms with Gasteiger partial charge in [-0.2, -0.15) is 0 Å². The number of nitrogens with one attached hydrogen (secondary N) is 1. The summed E-state index contributed by atoms with van der Waals surface area (Å²) < 4.78 is 5.86. The van der Waals surface area contributed by atoms with E-state index in [9.17, 15) is 0 Å². The largest absolute Gasteiger partial charge is 0.493 e. The predicted octanol–water partition coefficient (Wildman–Crippen LogP) is 5.24. The summed E-state index contributed by atoms with van der Waals surface area (Å²) in [6, 6.07) is 15.3. The Morgan fingerprint density at radius 3 is 2.50 bits per heavy atom. The number of benzene rings is 2. The Balaban J connectivity index is 1.68. The van der Waals surface area contributed by atoms with Crippen LogP contribution < -0.4 is 10.1 Å². The van der Waals surface area contributed by atoms with E-state index in [0.29, 0.717) is 6.61 Å². The number of anilines is 1. The Morgan fingerprint density at radius 1 is 0.964 bits per heavy atom. The van der Waals surface area contributed by atoms with Crippen molar-refractivity contribution in [2.45, 2.75) is 46.6 Å². The molecule has 1 aliphatic rings. The van der Waals surface area contributed by atoms with E-state index >= 15 is 0 Å². The minimum atomic E-state index is 0.189. The van der Waals surface area contributed by atoms with Crippen molar-refractivity contribution in [2.75, 3.05) is 11.9 Å². The van der Waals surface area contributed by atoms with Crippen molar-refractivity contribution in [2.24, 2.45) is 0 Å². The molecule has 0 saturated heterocycles. The molecular formula is C24H27N3O. The summed E-state index contributed by atoms with van der Waals surface area (Å²) in [5.74, 6) is 2.70. The molecular weight excluding hydrogens is 346 g/mol. The second-order valence-corrected chi connectivity index (χ2v) is 7.72. The van der Waals surface area contributed by atoms with Crippen molar-refractivity contribution in [3.63, 3.8) is 0 Å². The van der Waals surface area contributed by atoms with Gasteiger partial charge in [0.25, 0.3) is 0 Å². The minimum absolute atomic E-state index is 0.189. The van der Waals surface area contributed by atoms with Crippen molar-refractivity contribution in [3.05, 3.63) is 81.8 Å². The smallest absolute Gasteiger partial charge is 0.133 e. The first kappa shape index (κ1) is 18.5. The number of ether oxygens (including phenoxy) is 1. The number of rotatable bonds is 4. The molecule has 4 nitrogen and oxygen atoms in total. The van der Waals surface area contributed by atoms with E-state index in [-0.39, 0.29) is 6.04 Å². The van der Waals surface area contributed by atoms with Gasteiger partial charge >= 0.3 is 0 Å². The molecule has 2 aromatic carbocycles. The number of hydrogen-bond donors (Lipinski definition) is 1. The maximum absolute atomic E-state index is 5.86. The van der Waals surface area contributed by atoms with Gasteiger partial charge < -0.3 is 10.1 Å². The summed E-state index contributed by atoms with van der Waals surface area (Å²) >= 11 is 0. The van der Waals surface area contributed by atoms with Gasteiger partial charge in [-0.05, 0) is 39.3 Å². The molecule has 3 aromatic rings. The van der Waals surface area contributed by atoms with E-state index < -0.39 is 0 Å². The highest BCUT2D eigenvalue weighted by Gasteiger charge is 2.23. The second-order valence-electron chi connectivity index (χ2n) is 7.72. The monoisotopic (exact) mass is 373 g/mol. The van der Waals surface area contributed by atoms with Crippen LogP contribution in [0.2, 0.25) is 0 Å². The Kier molecular flexibility index (Phi) is 5.03. The van der Waals surface area contributed by atoms with Crippen LogP contribution in [-0.4, -0.2) is 16.6 Å². The van der Waals surface area contributed by atoms with Crippen LogP contribution in [0.5, 0.6) is 5.75 Å². The molecule has 0 amide bonds. The van der Waals surface area contributed by atoms with Gasteiger partial charge in [0.05, 0.1) is 12.6 Å². The van der Waals surface area contributed by atoms with Crippen molar-refractivity contribution in [3.8, 4) is 5.75 Å².